The summed E-state index contributed by atoms with van der Waals surface area (Å²) < 4.78 is 11.9. The van der Waals surface area contributed by atoms with Crippen molar-refractivity contribution in [2.24, 2.45) is 0 Å². The Morgan fingerprint density at radius 2 is 2.33 bits per heavy atom. The van der Waals surface area contributed by atoms with Crippen LogP contribution in [0, 0.1) is 0 Å². The lowest BCUT2D eigenvalue weighted by molar-refractivity contribution is 0.198. The summed E-state index contributed by atoms with van der Waals surface area (Å²) in [6.07, 6.45) is 1.00. The minimum atomic E-state index is 0. The van der Waals surface area contributed by atoms with Crippen LogP contribution in [0.15, 0.2) is 0 Å². The molecule has 0 aromatic heterocycles. The van der Waals surface area contributed by atoms with Gasteiger partial charge in [-0.2, -0.15) is 0 Å². The third-order valence-corrected chi connectivity index (χ3v) is 0.702. The molecule has 2 heteroatoms. The topological polar surface area (TPSA) is 40.7 Å². The van der Waals surface area contributed by atoms with Crippen LogP contribution >= 0.6 is 0 Å². The monoisotopic (exact) mass is 91.1 g/mol. The number of ether oxygens (including phenoxy) is 1. The SMILES string of the molecule is O.[2H][C@H]1CCOC1. The lowest BCUT2D eigenvalue weighted by Gasteiger charge is -1.76. The highest BCUT2D eigenvalue weighted by Gasteiger charge is 1.94. The molecular formula is C4H10O2. The molecule has 1 saturated heterocycles. The highest BCUT2D eigenvalue weighted by Crippen LogP contribution is 1.98. The summed E-state index contributed by atoms with van der Waals surface area (Å²) in [4.78, 5) is 0. The summed E-state index contributed by atoms with van der Waals surface area (Å²) >= 11 is 0. The van der Waals surface area contributed by atoms with E-state index in [-0.39, 0.29) is 11.9 Å². The molecule has 0 aromatic carbocycles. The Morgan fingerprint density at radius 1 is 1.50 bits per heavy atom. The normalized spacial score (nSPS) is 34.7. The Balaban J connectivity index is 0.000000360. The van der Waals surface area contributed by atoms with Crippen molar-refractivity contribution in [3.63, 3.8) is 0 Å². The third kappa shape index (κ3) is 1.38. The van der Waals surface area contributed by atoms with Crippen LogP contribution in [0.1, 0.15) is 14.2 Å². The van der Waals surface area contributed by atoms with E-state index >= 15 is 0 Å². The summed E-state index contributed by atoms with van der Waals surface area (Å²) in [7, 11) is 0. The van der Waals surface area contributed by atoms with E-state index in [2.05, 4.69) is 0 Å². The van der Waals surface area contributed by atoms with E-state index in [1.165, 1.54) is 0 Å². The van der Waals surface area contributed by atoms with Crippen LogP contribution in [0.2, 0.25) is 0 Å². The number of hydrogen-bond acceptors (Lipinski definition) is 1. The maximum absolute atomic E-state index is 7.01. The van der Waals surface area contributed by atoms with Gasteiger partial charge in [-0.1, -0.05) is 0 Å². The highest BCUT2D eigenvalue weighted by atomic mass is 16.5. The fraction of sp³-hybridized carbons (Fsp3) is 1.00. The first-order chi connectivity index (χ1) is 2.89. The van der Waals surface area contributed by atoms with Crippen molar-refractivity contribution >= 4 is 0 Å². The predicted molar refractivity (Wildman–Crippen MR) is 23.7 cm³/mol. The van der Waals surface area contributed by atoms with Gasteiger partial charge in [0.2, 0.25) is 0 Å². The smallest absolute Gasteiger partial charge is 0.0466 e. The first kappa shape index (κ1) is 4.09. The summed E-state index contributed by atoms with van der Waals surface area (Å²) in [5, 5.41) is 0. The van der Waals surface area contributed by atoms with Crippen molar-refractivity contribution in [1.29, 1.82) is 0 Å². The fourth-order valence-corrected chi connectivity index (χ4v) is 0.417. The highest BCUT2D eigenvalue weighted by molar-refractivity contribution is 4.43. The molecule has 0 bridgehead atoms. The molecule has 1 atom stereocenters. The molecule has 0 spiro atoms. The quantitative estimate of drug-likeness (QED) is 0.412. The molecule has 1 aliphatic heterocycles. The minimum Gasteiger partial charge on any atom is -0.412 e. The molecule has 1 rings (SSSR count). The average molecular weight is 91.1 g/mol. The van der Waals surface area contributed by atoms with Crippen LogP contribution in [-0.4, -0.2) is 18.7 Å². The number of rotatable bonds is 0. The summed E-state index contributed by atoms with van der Waals surface area (Å²) in [5.74, 6) is 0. The lowest BCUT2D eigenvalue weighted by Crippen LogP contribution is -1.74. The van der Waals surface area contributed by atoms with Gasteiger partial charge in [0.25, 0.3) is 0 Å². The molecule has 2 N–H and O–H groups in total. The molecule has 1 fully saturated rings. The van der Waals surface area contributed by atoms with Crippen LogP contribution < -0.4 is 0 Å². The van der Waals surface area contributed by atoms with Crippen LogP contribution in [0.5, 0.6) is 0 Å². The molecule has 0 radical (unpaired) electrons. The summed E-state index contributed by atoms with van der Waals surface area (Å²) in [6, 6.07) is 0. The van der Waals surface area contributed by atoms with Crippen molar-refractivity contribution in [2.75, 3.05) is 13.2 Å². The zero-order valence-electron chi connectivity index (χ0n) is 4.61. The van der Waals surface area contributed by atoms with E-state index in [1.807, 2.05) is 0 Å². The van der Waals surface area contributed by atoms with Crippen molar-refractivity contribution < 1.29 is 11.6 Å². The molecule has 0 saturated carbocycles. The van der Waals surface area contributed by atoms with Gasteiger partial charge in [-0.15, -0.1) is 0 Å². The van der Waals surface area contributed by atoms with E-state index in [0.717, 1.165) is 13.0 Å². The van der Waals surface area contributed by atoms with Crippen LogP contribution in [0.4, 0.5) is 0 Å². The van der Waals surface area contributed by atoms with Gasteiger partial charge in [-0.05, 0) is 12.8 Å². The van der Waals surface area contributed by atoms with Gasteiger partial charge in [-0.3, -0.25) is 0 Å². The van der Waals surface area contributed by atoms with Gasteiger partial charge in [-0.25, -0.2) is 0 Å². The molecule has 6 heavy (non-hydrogen) atoms. The second-order valence-electron chi connectivity index (χ2n) is 1.15. The third-order valence-electron chi connectivity index (χ3n) is 0.702. The Morgan fingerprint density at radius 3 is 2.50 bits per heavy atom. The zero-order valence-corrected chi connectivity index (χ0v) is 3.61. The summed E-state index contributed by atoms with van der Waals surface area (Å²) in [5.41, 5.74) is 0. The van der Waals surface area contributed by atoms with Gasteiger partial charge in [0.15, 0.2) is 0 Å². The summed E-state index contributed by atoms with van der Waals surface area (Å²) in [6.45, 7) is 1.45. The minimum absolute atomic E-state index is 0. The Kier molecular flexibility index (Phi) is 2.13. The lowest BCUT2D eigenvalue weighted by atomic mass is 10.4. The largest absolute Gasteiger partial charge is 0.412 e. The first-order valence-electron chi connectivity index (χ1n) is 2.47. The van der Waals surface area contributed by atoms with E-state index < -0.39 is 0 Å². The van der Waals surface area contributed by atoms with E-state index in [4.69, 9.17) is 6.11 Å². The molecule has 0 aromatic rings. The van der Waals surface area contributed by atoms with Gasteiger partial charge in [0.1, 0.15) is 0 Å². The van der Waals surface area contributed by atoms with E-state index in [1.54, 1.807) is 0 Å². The van der Waals surface area contributed by atoms with Crippen LogP contribution in [0.3, 0.4) is 0 Å². The second-order valence-corrected chi connectivity index (χ2v) is 1.15. The van der Waals surface area contributed by atoms with Gasteiger partial charge in [0.05, 0.1) is 0 Å². The maximum atomic E-state index is 7.01. The maximum Gasteiger partial charge on any atom is 0.0466 e. The molecular weight excluding hydrogens is 80.0 g/mol. The molecule has 1 heterocycles. The van der Waals surface area contributed by atoms with E-state index in [9.17, 15) is 0 Å². The van der Waals surface area contributed by atoms with Crippen molar-refractivity contribution in [3.05, 3.63) is 0 Å². The molecule has 0 unspecified atom stereocenters. The molecule has 0 amide bonds. The van der Waals surface area contributed by atoms with Crippen molar-refractivity contribution in [2.45, 2.75) is 12.8 Å². The molecule has 38 valence electrons. The van der Waals surface area contributed by atoms with Crippen LogP contribution in [-0.2, 0) is 4.74 Å². The van der Waals surface area contributed by atoms with Gasteiger partial charge < -0.3 is 10.2 Å². The molecule has 0 aliphatic carbocycles. The van der Waals surface area contributed by atoms with Crippen molar-refractivity contribution in [1.82, 2.24) is 0 Å². The standard InChI is InChI=1S/C4H8O.H2O/c1-2-4-5-3-1;/h1-4H2;1H2/i1D;/t1-;/m0./s1. The first-order valence-corrected chi connectivity index (χ1v) is 1.89. The van der Waals surface area contributed by atoms with Crippen molar-refractivity contribution in [3.8, 4) is 0 Å². The Bertz CT molecular complexity index is 43.0. The zero-order chi connectivity index (χ0) is 4.41. The molecule has 2 nitrogen and oxygen atoms in total. The van der Waals surface area contributed by atoms with Gasteiger partial charge in [0, 0.05) is 14.6 Å². The van der Waals surface area contributed by atoms with Crippen LogP contribution in [0.25, 0.3) is 0 Å². The predicted octanol–water partition coefficient (Wildman–Crippen LogP) is -0.0279. The second kappa shape index (κ2) is 3.12. The fourth-order valence-electron chi connectivity index (χ4n) is 0.417. The molecule has 1 aliphatic rings. The Hall–Kier alpha value is -0.0800. The Labute approximate surface area is 38.8 Å². The van der Waals surface area contributed by atoms with Gasteiger partial charge >= 0.3 is 0 Å². The van der Waals surface area contributed by atoms with E-state index in [0.29, 0.717) is 6.61 Å². The number of hydrogen-bond donors (Lipinski definition) is 0. The average Bonchev–Trinajstić information content (AvgIpc) is 1.86.